The van der Waals surface area contributed by atoms with Gasteiger partial charge in [-0.05, 0) is 39.0 Å². The van der Waals surface area contributed by atoms with E-state index in [1.807, 2.05) is 44.4 Å². The molecular formula is C16H25N3O. The van der Waals surface area contributed by atoms with Crippen molar-refractivity contribution in [3.05, 3.63) is 48.0 Å². The van der Waals surface area contributed by atoms with Crippen molar-refractivity contribution in [2.75, 3.05) is 27.2 Å². The molecule has 0 bridgehead atoms. The molecule has 0 saturated heterocycles. The van der Waals surface area contributed by atoms with Crippen molar-refractivity contribution in [1.29, 1.82) is 0 Å². The maximum absolute atomic E-state index is 11.6. The van der Waals surface area contributed by atoms with Gasteiger partial charge in [-0.1, -0.05) is 36.4 Å². The molecule has 4 heteroatoms. The quantitative estimate of drug-likeness (QED) is 0.553. The number of benzene rings is 1. The Bertz CT molecular complexity index is 415. The fraction of sp³-hybridized carbons (Fsp3) is 0.438. The average Bonchev–Trinajstić information content (AvgIpc) is 2.42. The van der Waals surface area contributed by atoms with Gasteiger partial charge in [0.05, 0.1) is 0 Å². The second-order valence-electron chi connectivity index (χ2n) is 5.16. The van der Waals surface area contributed by atoms with Crippen molar-refractivity contribution in [1.82, 2.24) is 10.2 Å². The molecule has 0 spiro atoms. The Hall–Kier alpha value is -1.65. The van der Waals surface area contributed by atoms with Crippen LogP contribution in [0.5, 0.6) is 0 Å². The zero-order valence-corrected chi connectivity index (χ0v) is 12.4. The van der Waals surface area contributed by atoms with Crippen LogP contribution in [0.4, 0.5) is 0 Å². The van der Waals surface area contributed by atoms with Crippen molar-refractivity contribution in [2.24, 2.45) is 5.73 Å². The highest BCUT2D eigenvalue weighted by atomic mass is 16.1. The van der Waals surface area contributed by atoms with Crippen molar-refractivity contribution in [3.63, 3.8) is 0 Å². The summed E-state index contributed by atoms with van der Waals surface area (Å²) in [6.07, 6.45) is 4.98. The van der Waals surface area contributed by atoms with Gasteiger partial charge in [0.25, 0.3) is 0 Å². The normalized spacial score (nSPS) is 12.8. The number of nitrogens with two attached hydrogens (primary N) is 1. The summed E-state index contributed by atoms with van der Waals surface area (Å²) in [5.41, 5.74) is 7.15. The summed E-state index contributed by atoms with van der Waals surface area (Å²) in [5, 5.41) is 2.85. The summed E-state index contributed by atoms with van der Waals surface area (Å²) < 4.78 is 0. The number of nitrogens with zero attached hydrogens (tertiary/aromatic N) is 1. The largest absolute Gasteiger partial charge is 0.353 e. The molecule has 0 aromatic heterocycles. The number of amides is 1. The van der Waals surface area contributed by atoms with Gasteiger partial charge in [-0.25, -0.2) is 0 Å². The standard InChI is InChI=1S/C16H25N3O/c1-19(2)12-6-11-18-16(20)10-9-15(17)13-14-7-4-3-5-8-14/h3-5,7-10,15H,6,11-13,17H2,1-2H3,(H,18,20). The molecule has 0 radical (unpaired) electrons. The molecule has 0 aliphatic carbocycles. The first-order valence-electron chi connectivity index (χ1n) is 6.98. The molecule has 1 atom stereocenters. The Kier molecular flexibility index (Phi) is 7.62. The Labute approximate surface area is 121 Å². The summed E-state index contributed by atoms with van der Waals surface area (Å²) in [6.45, 7) is 1.66. The van der Waals surface area contributed by atoms with Crippen LogP contribution in [0.15, 0.2) is 42.5 Å². The molecule has 0 aliphatic rings. The van der Waals surface area contributed by atoms with Crippen LogP contribution in [-0.2, 0) is 11.2 Å². The number of hydrogen-bond donors (Lipinski definition) is 2. The number of nitrogens with one attached hydrogen (secondary N) is 1. The molecule has 1 unspecified atom stereocenters. The van der Waals surface area contributed by atoms with Crippen molar-refractivity contribution in [3.8, 4) is 0 Å². The first kappa shape index (κ1) is 16.4. The smallest absolute Gasteiger partial charge is 0.243 e. The highest BCUT2D eigenvalue weighted by molar-refractivity contribution is 5.87. The van der Waals surface area contributed by atoms with Crippen molar-refractivity contribution in [2.45, 2.75) is 18.9 Å². The van der Waals surface area contributed by atoms with Crippen molar-refractivity contribution < 1.29 is 4.79 Å². The van der Waals surface area contributed by atoms with Crippen LogP contribution in [0, 0.1) is 0 Å². The third-order valence-corrected chi connectivity index (χ3v) is 2.89. The minimum atomic E-state index is -0.134. The first-order valence-corrected chi connectivity index (χ1v) is 6.98. The lowest BCUT2D eigenvalue weighted by molar-refractivity contribution is -0.116. The lowest BCUT2D eigenvalue weighted by Gasteiger charge is -2.09. The van der Waals surface area contributed by atoms with Crippen LogP contribution in [0.25, 0.3) is 0 Å². The van der Waals surface area contributed by atoms with E-state index in [2.05, 4.69) is 10.2 Å². The van der Waals surface area contributed by atoms with E-state index in [0.717, 1.165) is 19.4 Å². The van der Waals surface area contributed by atoms with Crippen LogP contribution < -0.4 is 11.1 Å². The molecule has 20 heavy (non-hydrogen) atoms. The third-order valence-electron chi connectivity index (χ3n) is 2.89. The van der Waals surface area contributed by atoms with Gasteiger partial charge < -0.3 is 16.0 Å². The second kappa shape index (κ2) is 9.28. The van der Waals surface area contributed by atoms with E-state index in [4.69, 9.17) is 5.73 Å². The molecule has 1 amide bonds. The molecular weight excluding hydrogens is 250 g/mol. The van der Waals surface area contributed by atoms with E-state index in [1.165, 1.54) is 11.6 Å². The molecule has 0 heterocycles. The summed E-state index contributed by atoms with van der Waals surface area (Å²) in [4.78, 5) is 13.7. The van der Waals surface area contributed by atoms with E-state index < -0.39 is 0 Å². The summed E-state index contributed by atoms with van der Waals surface area (Å²) in [5.74, 6) is -0.0766. The van der Waals surface area contributed by atoms with Crippen LogP contribution in [-0.4, -0.2) is 44.0 Å². The summed E-state index contributed by atoms with van der Waals surface area (Å²) in [6, 6.07) is 9.90. The number of carbonyl (C=O) groups excluding carboxylic acids is 1. The number of hydrogen-bond acceptors (Lipinski definition) is 3. The van der Waals surface area contributed by atoms with Gasteiger partial charge in [0, 0.05) is 18.7 Å². The highest BCUT2D eigenvalue weighted by Gasteiger charge is 2.01. The fourth-order valence-corrected chi connectivity index (χ4v) is 1.83. The predicted molar refractivity (Wildman–Crippen MR) is 83.4 cm³/mol. The van der Waals surface area contributed by atoms with Crippen LogP contribution >= 0.6 is 0 Å². The predicted octanol–water partition coefficient (Wildman–Crippen LogP) is 1.18. The van der Waals surface area contributed by atoms with Gasteiger partial charge in [-0.2, -0.15) is 0 Å². The van der Waals surface area contributed by atoms with Gasteiger partial charge >= 0.3 is 0 Å². The second-order valence-corrected chi connectivity index (χ2v) is 5.16. The monoisotopic (exact) mass is 275 g/mol. The molecule has 1 aromatic carbocycles. The fourth-order valence-electron chi connectivity index (χ4n) is 1.83. The molecule has 3 N–H and O–H groups in total. The minimum Gasteiger partial charge on any atom is -0.353 e. The van der Waals surface area contributed by atoms with Gasteiger partial charge in [0.15, 0.2) is 0 Å². The maximum Gasteiger partial charge on any atom is 0.243 e. The summed E-state index contributed by atoms with van der Waals surface area (Å²) in [7, 11) is 4.04. The number of rotatable bonds is 8. The summed E-state index contributed by atoms with van der Waals surface area (Å²) >= 11 is 0. The minimum absolute atomic E-state index is 0.0766. The SMILES string of the molecule is CN(C)CCCNC(=O)C=CC(N)Cc1ccccc1. The molecule has 4 nitrogen and oxygen atoms in total. The molecule has 0 aliphatic heterocycles. The highest BCUT2D eigenvalue weighted by Crippen LogP contribution is 2.02. The number of carbonyl (C=O) groups is 1. The topological polar surface area (TPSA) is 58.4 Å². The van der Waals surface area contributed by atoms with Gasteiger partial charge in [0.1, 0.15) is 0 Å². The Morgan fingerprint density at radius 2 is 2.05 bits per heavy atom. The van der Waals surface area contributed by atoms with E-state index in [0.29, 0.717) is 6.54 Å². The van der Waals surface area contributed by atoms with Crippen LogP contribution in [0.2, 0.25) is 0 Å². The first-order chi connectivity index (χ1) is 9.58. The van der Waals surface area contributed by atoms with E-state index in [9.17, 15) is 4.79 Å². The Morgan fingerprint density at radius 3 is 2.70 bits per heavy atom. The van der Waals surface area contributed by atoms with E-state index >= 15 is 0 Å². The average molecular weight is 275 g/mol. The molecule has 1 rings (SSSR count). The third kappa shape index (κ3) is 7.71. The van der Waals surface area contributed by atoms with Crippen LogP contribution in [0.1, 0.15) is 12.0 Å². The maximum atomic E-state index is 11.6. The Balaban J connectivity index is 2.23. The zero-order chi connectivity index (χ0) is 14.8. The van der Waals surface area contributed by atoms with Crippen LogP contribution in [0.3, 0.4) is 0 Å². The molecule has 0 saturated carbocycles. The molecule has 1 aromatic rings. The molecule has 110 valence electrons. The van der Waals surface area contributed by atoms with Crippen molar-refractivity contribution >= 4 is 5.91 Å². The van der Waals surface area contributed by atoms with Gasteiger partial charge in [0.2, 0.25) is 5.91 Å². The zero-order valence-electron chi connectivity index (χ0n) is 12.4. The van der Waals surface area contributed by atoms with E-state index in [1.54, 1.807) is 6.08 Å². The van der Waals surface area contributed by atoms with Gasteiger partial charge in [-0.3, -0.25) is 4.79 Å². The van der Waals surface area contributed by atoms with Gasteiger partial charge in [-0.15, -0.1) is 0 Å². The Morgan fingerprint density at radius 1 is 1.35 bits per heavy atom. The molecule has 0 fully saturated rings. The lowest BCUT2D eigenvalue weighted by atomic mass is 10.1. The van der Waals surface area contributed by atoms with E-state index in [-0.39, 0.29) is 11.9 Å². The lowest BCUT2D eigenvalue weighted by Crippen LogP contribution is -2.26.